The summed E-state index contributed by atoms with van der Waals surface area (Å²) in [6.07, 6.45) is 6.74. The van der Waals surface area contributed by atoms with E-state index in [4.69, 9.17) is 0 Å². The van der Waals surface area contributed by atoms with Crippen LogP contribution < -0.4 is 10.2 Å². The number of nitrogens with zero attached hydrogens (tertiary/aromatic N) is 1. The predicted octanol–water partition coefficient (Wildman–Crippen LogP) is 7.43. The fourth-order valence-electron chi connectivity index (χ4n) is 4.07. The number of halogens is 1. The molecule has 0 unspecified atom stereocenters. The number of benzene rings is 3. The molecule has 0 atom stereocenters. The molecule has 5 heteroatoms. The topological polar surface area (TPSA) is 49.4 Å². The van der Waals surface area contributed by atoms with E-state index in [2.05, 4.69) is 12.2 Å². The summed E-state index contributed by atoms with van der Waals surface area (Å²) < 4.78 is 13.7. The Kier molecular flexibility index (Phi) is 8.96. The van der Waals surface area contributed by atoms with Gasteiger partial charge in [-0.3, -0.25) is 9.59 Å². The highest BCUT2D eigenvalue weighted by atomic mass is 19.1. The van der Waals surface area contributed by atoms with Crippen molar-refractivity contribution in [1.82, 2.24) is 0 Å². The van der Waals surface area contributed by atoms with Crippen molar-refractivity contribution in [2.75, 3.05) is 16.8 Å². The van der Waals surface area contributed by atoms with Crippen LogP contribution in [-0.2, 0) is 6.42 Å². The number of allylic oxidation sites excluding steroid dienone is 3. The molecule has 0 saturated heterocycles. The molecule has 0 aromatic heterocycles. The van der Waals surface area contributed by atoms with Crippen LogP contribution in [0.25, 0.3) is 0 Å². The molecule has 0 aliphatic carbocycles. The summed E-state index contributed by atoms with van der Waals surface area (Å²) in [6.45, 7) is 10.1. The summed E-state index contributed by atoms with van der Waals surface area (Å²) in [5, 5.41) is 2.82. The molecule has 0 bridgehead atoms. The van der Waals surface area contributed by atoms with Crippen molar-refractivity contribution in [3.05, 3.63) is 118 Å². The number of nitrogens with one attached hydrogen (secondary N) is 1. The Balaban J connectivity index is 1.92. The van der Waals surface area contributed by atoms with Crippen LogP contribution in [0.1, 0.15) is 58.2 Å². The third-order valence-electron chi connectivity index (χ3n) is 6.05. The summed E-state index contributed by atoms with van der Waals surface area (Å²) in [7, 11) is 0. The van der Waals surface area contributed by atoms with Gasteiger partial charge in [-0.15, -0.1) is 0 Å². The molecule has 3 aromatic carbocycles. The molecule has 0 radical (unpaired) electrons. The van der Waals surface area contributed by atoms with Gasteiger partial charge in [0.1, 0.15) is 5.82 Å². The standard InChI is InChI=1S/C31H33FN2O2/c1-6-8-11-21(3)20-34(29-13-10-9-12-24(29)7-2)31(36)27-17-16-26(18-23(27)5)33-30(35)28-19-25(32)15-14-22(28)4/h6,8-19H,7,20H2,1-5H3,(H,33,35)/b8-6-,21-11+. The van der Waals surface area contributed by atoms with Gasteiger partial charge in [-0.05, 0) is 87.2 Å². The Morgan fingerprint density at radius 1 is 0.972 bits per heavy atom. The van der Waals surface area contributed by atoms with Crippen LogP contribution in [0.5, 0.6) is 0 Å². The number of carbonyl (C=O) groups excluding carboxylic acids is 2. The van der Waals surface area contributed by atoms with Gasteiger partial charge in [0.15, 0.2) is 0 Å². The van der Waals surface area contributed by atoms with Crippen molar-refractivity contribution in [2.24, 2.45) is 0 Å². The molecule has 0 aliphatic rings. The second kappa shape index (κ2) is 12.1. The molecule has 0 fully saturated rings. The number of aryl methyl sites for hydroxylation is 3. The summed E-state index contributed by atoms with van der Waals surface area (Å²) in [5.74, 6) is -0.969. The lowest BCUT2D eigenvalue weighted by atomic mass is 10.0. The highest BCUT2D eigenvalue weighted by molar-refractivity contribution is 6.09. The van der Waals surface area contributed by atoms with Crippen LogP contribution >= 0.6 is 0 Å². The lowest BCUT2D eigenvalue weighted by Gasteiger charge is -2.26. The quantitative estimate of drug-likeness (QED) is 0.338. The van der Waals surface area contributed by atoms with Crippen LogP contribution in [0.3, 0.4) is 0 Å². The third-order valence-corrected chi connectivity index (χ3v) is 6.05. The summed E-state index contributed by atoms with van der Waals surface area (Å²) in [4.78, 5) is 28.4. The Morgan fingerprint density at radius 2 is 1.72 bits per heavy atom. The number of carbonyl (C=O) groups is 2. The van der Waals surface area contributed by atoms with Crippen molar-refractivity contribution < 1.29 is 14.0 Å². The molecular weight excluding hydrogens is 451 g/mol. The zero-order chi connectivity index (χ0) is 26.2. The van der Waals surface area contributed by atoms with Gasteiger partial charge in [-0.25, -0.2) is 4.39 Å². The molecule has 0 aliphatic heterocycles. The van der Waals surface area contributed by atoms with E-state index in [0.717, 1.165) is 28.8 Å². The number of hydrogen-bond acceptors (Lipinski definition) is 2. The van der Waals surface area contributed by atoms with Gasteiger partial charge in [0, 0.05) is 29.0 Å². The normalized spacial score (nSPS) is 11.6. The maximum Gasteiger partial charge on any atom is 0.258 e. The molecule has 36 heavy (non-hydrogen) atoms. The van der Waals surface area contributed by atoms with E-state index >= 15 is 0 Å². The van der Waals surface area contributed by atoms with Gasteiger partial charge in [0.05, 0.1) is 0 Å². The minimum absolute atomic E-state index is 0.111. The van der Waals surface area contributed by atoms with Crippen molar-refractivity contribution in [1.29, 1.82) is 0 Å². The van der Waals surface area contributed by atoms with E-state index in [9.17, 15) is 14.0 Å². The molecule has 0 saturated carbocycles. The van der Waals surface area contributed by atoms with E-state index in [1.165, 1.54) is 12.1 Å². The largest absolute Gasteiger partial charge is 0.322 e. The number of rotatable bonds is 8. The number of anilines is 2. The minimum Gasteiger partial charge on any atom is -0.322 e. The fourth-order valence-corrected chi connectivity index (χ4v) is 4.07. The van der Waals surface area contributed by atoms with Crippen molar-refractivity contribution >= 4 is 23.2 Å². The minimum atomic E-state index is -0.464. The monoisotopic (exact) mass is 484 g/mol. The van der Waals surface area contributed by atoms with Gasteiger partial charge < -0.3 is 10.2 Å². The van der Waals surface area contributed by atoms with E-state index in [-0.39, 0.29) is 11.5 Å². The van der Waals surface area contributed by atoms with Crippen LogP contribution in [0.15, 0.2) is 84.5 Å². The number of hydrogen-bond donors (Lipinski definition) is 1. The van der Waals surface area contributed by atoms with Crippen LogP contribution in [-0.4, -0.2) is 18.4 Å². The van der Waals surface area contributed by atoms with Gasteiger partial charge >= 0.3 is 0 Å². The number of para-hydroxylation sites is 1. The van der Waals surface area contributed by atoms with Gasteiger partial charge in [0.25, 0.3) is 11.8 Å². The molecule has 186 valence electrons. The number of amides is 2. The molecule has 3 aromatic rings. The molecule has 0 spiro atoms. The Hall–Kier alpha value is -3.99. The lowest BCUT2D eigenvalue weighted by molar-refractivity contribution is 0.0987. The highest BCUT2D eigenvalue weighted by Crippen LogP contribution is 2.26. The maximum atomic E-state index is 13.8. The second-order valence-electron chi connectivity index (χ2n) is 8.86. The highest BCUT2D eigenvalue weighted by Gasteiger charge is 2.22. The average molecular weight is 485 g/mol. The van der Waals surface area contributed by atoms with Crippen molar-refractivity contribution in [3.63, 3.8) is 0 Å². The Morgan fingerprint density at radius 3 is 2.42 bits per heavy atom. The Labute approximate surface area is 213 Å². The first-order valence-electron chi connectivity index (χ1n) is 12.1. The van der Waals surface area contributed by atoms with Crippen LogP contribution in [0.2, 0.25) is 0 Å². The first-order valence-corrected chi connectivity index (χ1v) is 12.1. The maximum absolute atomic E-state index is 13.8. The van der Waals surface area contributed by atoms with Crippen molar-refractivity contribution in [2.45, 2.75) is 41.0 Å². The summed E-state index contributed by atoms with van der Waals surface area (Å²) in [6, 6.07) is 17.3. The average Bonchev–Trinajstić information content (AvgIpc) is 2.87. The third kappa shape index (κ3) is 6.36. The molecule has 3 rings (SSSR count). The molecule has 0 heterocycles. The van der Waals surface area contributed by atoms with Gasteiger partial charge in [-0.1, -0.05) is 55.0 Å². The molecular formula is C31H33FN2O2. The van der Waals surface area contributed by atoms with E-state index in [0.29, 0.717) is 23.4 Å². The molecule has 4 nitrogen and oxygen atoms in total. The summed E-state index contributed by atoms with van der Waals surface area (Å²) in [5.41, 5.74) is 5.83. The smallest absolute Gasteiger partial charge is 0.258 e. The first-order chi connectivity index (χ1) is 17.2. The van der Waals surface area contributed by atoms with Crippen molar-refractivity contribution in [3.8, 4) is 0 Å². The summed E-state index contributed by atoms with van der Waals surface area (Å²) >= 11 is 0. The predicted molar refractivity (Wildman–Crippen MR) is 146 cm³/mol. The van der Waals surface area contributed by atoms with E-state index < -0.39 is 11.7 Å². The first kappa shape index (κ1) is 26.6. The zero-order valence-electron chi connectivity index (χ0n) is 21.6. The Bertz CT molecular complexity index is 1320. The SMILES string of the molecule is C/C=C\C=C(/C)CN(C(=O)c1ccc(NC(=O)c2cc(F)ccc2C)cc1C)c1ccccc1CC. The molecule has 1 N–H and O–H groups in total. The van der Waals surface area contributed by atoms with Gasteiger partial charge in [0.2, 0.25) is 0 Å². The van der Waals surface area contributed by atoms with Crippen LogP contribution in [0.4, 0.5) is 15.8 Å². The molecule has 2 amide bonds. The lowest BCUT2D eigenvalue weighted by Crippen LogP contribution is -2.33. The van der Waals surface area contributed by atoms with Gasteiger partial charge in [-0.2, -0.15) is 0 Å². The fraction of sp³-hybridized carbons (Fsp3) is 0.226. The zero-order valence-corrected chi connectivity index (χ0v) is 21.6. The van der Waals surface area contributed by atoms with E-state index in [1.807, 2.05) is 68.2 Å². The second-order valence-corrected chi connectivity index (χ2v) is 8.86. The van der Waals surface area contributed by atoms with E-state index in [1.54, 1.807) is 31.2 Å². The van der Waals surface area contributed by atoms with Crippen LogP contribution in [0, 0.1) is 19.7 Å².